The summed E-state index contributed by atoms with van der Waals surface area (Å²) in [6.07, 6.45) is -11.7. The van der Waals surface area contributed by atoms with Gasteiger partial charge in [-0.2, -0.15) is 0 Å². The lowest BCUT2D eigenvalue weighted by Gasteiger charge is -2.46. The van der Waals surface area contributed by atoms with Gasteiger partial charge in [-0.15, -0.1) is 0 Å². The van der Waals surface area contributed by atoms with Crippen LogP contribution in [0.15, 0.2) is 48.5 Å². The molecule has 0 unspecified atom stereocenters. The summed E-state index contributed by atoms with van der Waals surface area (Å²) in [5, 5.41) is 71.6. The van der Waals surface area contributed by atoms with Crippen LogP contribution in [0.5, 0.6) is 17.2 Å². The van der Waals surface area contributed by atoms with Crippen molar-refractivity contribution in [3.8, 4) is 17.2 Å². The zero-order chi connectivity index (χ0) is 32.0. The minimum Gasteiger partial charge on any atom is -0.508 e. The third-order valence-corrected chi connectivity index (χ3v) is 7.37. The summed E-state index contributed by atoms with van der Waals surface area (Å²) in [6.45, 7) is 0.807. The highest BCUT2D eigenvalue weighted by Gasteiger charge is 2.52. The van der Waals surface area contributed by atoms with Gasteiger partial charge in [0.25, 0.3) is 0 Å². The van der Waals surface area contributed by atoms with Crippen molar-refractivity contribution in [3.63, 3.8) is 0 Å². The van der Waals surface area contributed by atoms with Crippen LogP contribution in [0.25, 0.3) is 6.08 Å². The van der Waals surface area contributed by atoms with Crippen LogP contribution in [0.2, 0.25) is 0 Å². The molecule has 44 heavy (non-hydrogen) atoms. The Balaban J connectivity index is 1.52. The van der Waals surface area contributed by atoms with Gasteiger partial charge in [0.15, 0.2) is 30.2 Å². The van der Waals surface area contributed by atoms with Gasteiger partial charge in [-0.1, -0.05) is 18.2 Å². The molecule has 2 aliphatic heterocycles. The highest BCUT2D eigenvalue weighted by atomic mass is 16.7. The minimum atomic E-state index is -1.74. The quantitative estimate of drug-likeness (QED) is 0.125. The molecule has 0 amide bonds. The fourth-order valence-electron chi connectivity index (χ4n) is 4.85. The molecule has 242 valence electrons. The highest BCUT2D eigenvalue weighted by molar-refractivity contribution is 5.87. The fraction of sp³-hybridized carbons (Fsp3) is 0.500. The average Bonchev–Trinajstić information content (AvgIpc) is 3.01. The number of carbonyl (C=O) groups is 1. The van der Waals surface area contributed by atoms with E-state index in [0.717, 1.165) is 11.6 Å². The lowest BCUT2D eigenvalue weighted by Crippen LogP contribution is -2.65. The zero-order valence-corrected chi connectivity index (χ0v) is 24.1. The molecule has 0 saturated carbocycles. The number of rotatable bonds is 11. The molecule has 0 bridgehead atoms. The largest absolute Gasteiger partial charge is 0.508 e. The number of aliphatic hydroxyl groups excluding tert-OH is 5. The molecule has 2 aromatic carbocycles. The van der Waals surface area contributed by atoms with Gasteiger partial charge in [-0.25, -0.2) is 4.79 Å². The number of methoxy groups -OCH3 is 1. The van der Waals surface area contributed by atoms with E-state index in [0.29, 0.717) is 12.0 Å². The predicted molar refractivity (Wildman–Crippen MR) is 150 cm³/mol. The summed E-state index contributed by atoms with van der Waals surface area (Å²) >= 11 is 0. The Hall–Kier alpha value is -3.31. The Labute approximate surface area is 253 Å². The van der Waals surface area contributed by atoms with Crippen molar-refractivity contribution in [2.45, 2.75) is 74.8 Å². The maximum Gasteiger partial charge on any atom is 0.331 e. The van der Waals surface area contributed by atoms with Gasteiger partial charge in [0.1, 0.15) is 42.4 Å². The minimum absolute atomic E-state index is 0.0468. The maximum atomic E-state index is 12.9. The standard InChI is InChI=1S/C30H38O14/c1-15-23(35)24(36)25(37)30(41-15)44-28-26(38)29(40-12-11-16-3-7-18(32)8-4-16)42-21(14-31)27(28)43-22(34)10-6-17-5-9-19(33)20(13-17)39-2/h3-10,13,15,21,23-33,35-38H,11-12,14H2,1-2H3/b10-6+/t15-,21+,23-,24+,25+,26+,27+,28+,29+,30-/m0/s1. The summed E-state index contributed by atoms with van der Waals surface area (Å²) in [5.74, 6) is -0.721. The predicted octanol–water partition coefficient (Wildman–Crippen LogP) is -0.418. The molecule has 2 aromatic rings. The first-order valence-electron chi connectivity index (χ1n) is 14.0. The number of hydrogen-bond donors (Lipinski definition) is 7. The molecule has 4 rings (SSSR count). The Morgan fingerprint density at radius 1 is 0.909 bits per heavy atom. The van der Waals surface area contributed by atoms with Gasteiger partial charge in [-0.05, 0) is 54.8 Å². The van der Waals surface area contributed by atoms with Gasteiger partial charge in [-0.3, -0.25) is 0 Å². The van der Waals surface area contributed by atoms with E-state index < -0.39 is 74.0 Å². The van der Waals surface area contributed by atoms with Crippen LogP contribution in [-0.4, -0.2) is 123 Å². The van der Waals surface area contributed by atoms with E-state index in [1.807, 2.05) is 0 Å². The first kappa shape index (κ1) is 33.6. The molecule has 2 heterocycles. The molecule has 0 spiro atoms. The molecule has 0 aromatic heterocycles. The van der Waals surface area contributed by atoms with Gasteiger partial charge in [0.05, 0.1) is 26.4 Å². The number of hydrogen-bond acceptors (Lipinski definition) is 14. The summed E-state index contributed by atoms with van der Waals surface area (Å²) < 4.78 is 33.5. The van der Waals surface area contributed by atoms with Crippen molar-refractivity contribution in [1.29, 1.82) is 0 Å². The van der Waals surface area contributed by atoms with E-state index in [1.165, 1.54) is 50.4 Å². The molecular weight excluding hydrogens is 584 g/mol. The molecule has 14 heteroatoms. The summed E-state index contributed by atoms with van der Waals surface area (Å²) in [6, 6.07) is 10.8. The van der Waals surface area contributed by atoms with Crippen LogP contribution in [0.1, 0.15) is 18.1 Å². The number of phenols is 2. The topological polar surface area (TPSA) is 214 Å². The van der Waals surface area contributed by atoms with Gasteiger partial charge >= 0.3 is 5.97 Å². The summed E-state index contributed by atoms with van der Waals surface area (Å²) in [7, 11) is 1.37. The van der Waals surface area contributed by atoms with Crippen molar-refractivity contribution in [2.24, 2.45) is 0 Å². The van der Waals surface area contributed by atoms with Crippen LogP contribution < -0.4 is 4.74 Å². The molecule has 14 nitrogen and oxygen atoms in total. The molecule has 10 atom stereocenters. The number of aliphatic hydroxyl groups is 5. The number of ether oxygens (including phenoxy) is 6. The number of benzene rings is 2. The summed E-state index contributed by atoms with van der Waals surface area (Å²) in [4.78, 5) is 12.9. The SMILES string of the molecule is COc1cc(/C=C/C(=O)O[C@H]2[C@H](O[C@@H]3O[C@@H](C)[C@H](O)[C@@H](O)[C@H]3O)[C@@H](O)[C@H](OCCc3ccc(O)cc3)O[C@@H]2CO)ccc1O. The Bertz CT molecular complexity index is 1250. The second kappa shape index (κ2) is 15.1. The first-order chi connectivity index (χ1) is 21.0. The van der Waals surface area contributed by atoms with E-state index >= 15 is 0 Å². The number of aromatic hydroxyl groups is 2. The van der Waals surface area contributed by atoms with E-state index in [-0.39, 0.29) is 23.9 Å². The van der Waals surface area contributed by atoms with Crippen LogP contribution in [0, 0.1) is 0 Å². The van der Waals surface area contributed by atoms with Crippen molar-refractivity contribution < 1.29 is 69.0 Å². The molecule has 2 fully saturated rings. The zero-order valence-electron chi connectivity index (χ0n) is 24.1. The smallest absolute Gasteiger partial charge is 0.331 e. The number of phenolic OH excluding ortho intramolecular Hbond substituents is 2. The van der Waals surface area contributed by atoms with Crippen molar-refractivity contribution in [3.05, 3.63) is 59.7 Å². The van der Waals surface area contributed by atoms with Crippen LogP contribution in [0.3, 0.4) is 0 Å². The summed E-state index contributed by atoms with van der Waals surface area (Å²) in [5.41, 5.74) is 1.31. The normalized spacial score (nSPS) is 32.4. The van der Waals surface area contributed by atoms with Crippen LogP contribution in [0.4, 0.5) is 0 Å². The van der Waals surface area contributed by atoms with Crippen LogP contribution in [-0.2, 0) is 34.9 Å². The van der Waals surface area contributed by atoms with E-state index in [2.05, 4.69) is 0 Å². The second-order valence-corrected chi connectivity index (χ2v) is 10.5. The number of carbonyl (C=O) groups excluding carboxylic acids is 1. The Morgan fingerprint density at radius 3 is 2.32 bits per heavy atom. The molecule has 0 radical (unpaired) electrons. The van der Waals surface area contributed by atoms with Crippen molar-refractivity contribution in [1.82, 2.24) is 0 Å². The van der Waals surface area contributed by atoms with E-state index in [1.54, 1.807) is 12.1 Å². The van der Waals surface area contributed by atoms with Crippen molar-refractivity contribution >= 4 is 12.0 Å². The first-order valence-corrected chi connectivity index (χ1v) is 14.0. The molecule has 2 aliphatic rings. The number of esters is 1. The lowest BCUT2D eigenvalue weighted by molar-refractivity contribution is -0.357. The van der Waals surface area contributed by atoms with Crippen molar-refractivity contribution in [2.75, 3.05) is 20.3 Å². The van der Waals surface area contributed by atoms with Gasteiger partial charge in [0, 0.05) is 6.08 Å². The Morgan fingerprint density at radius 2 is 1.64 bits per heavy atom. The molecular formula is C30H38O14. The fourth-order valence-corrected chi connectivity index (χ4v) is 4.85. The van der Waals surface area contributed by atoms with Gasteiger partial charge < -0.3 is 64.2 Å². The average molecular weight is 623 g/mol. The molecule has 0 aliphatic carbocycles. The third-order valence-electron chi connectivity index (χ3n) is 7.37. The highest BCUT2D eigenvalue weighted by Crippen LogP contribution is 2.32. The van der Waals surface area contributed by atoms with E-state index in [4.69, 9.17) is 28.4 Å². The van der Waals surface area contributed by atoms with Gasteiger partial charge in [0.2, 0.25) is 0 Å². The van der Waals surface area contributed by atoms with E-state index in [9.17, 15) is 40.5 Å². The second-order valence-electron chi connectivity index (χ2n) is 10.5. The molecule has 7 N–H and O–H groups in total. The van der Waals surface area contributed by atoms with Crippen LogP contribution >= 0.6 is 0 Å². The molecule has 2 saturated heterocycles. The maximum absolute atomic E-state index is 12.9. The monoisotopic (exact) mass is 622 g/mol. The Kier molecular flexibility index (Phi) is 11.5. The lowest BCUT2D eigenvalue weighted by atomic mass is 9.97. The third kappa shape index (κ3) is 8.04.